The Kier molecular flexibility index (Phi) is 3.53. The van der Waals surface area contributed by atoms with Crippen molar-refractivity contribution in [3.63, 3.8) is 0 Å². The number of aromatic carboxylic acids is 1. The minimum absolute atomic E-state index is 0.0940. The molecule has 4 heteroatoms. The average Bonchev–Trinajstić information content (AvgIpc) is 3.25. The summed E-state index contributed by atoms with van der Waals surface area (Å²) in [6.07, 6.45) is 4.96. The lowest BCUT2D eigenvalue weighted by atomic mass is 10.0. The maximum atomic E-state index is 11.2. The number of benzene rings is 1. The van der Waals surface area contributed by atoms with Gasteiger partial charge in [0, 0.05) is 17.6 Å². The number of nitrogens with one attached hydrogen (secondary N) is 1. The summed E-state index contributed by atoms with van der Waals surface area (Å²) in [4.78, 5) is 15.4. The van der Waals surface area contributed by atoms with E-state index >= 15 is 0 Å². The first-order valence-electron chi connectivity index (χ1n) is 7.50. The maximum absolute atomic E-state index is 11.2. The van der Waals surface area contributed by atoms with Crippen molar-refractivity contribution in [2.24, 2.45) is 5.41 Å². The molecule has 0 unspecified atom stereocenters. The highest BCUT2D eigenvalue weighted by atomic mass is 16.4. The Morgan fingerprint density at radius 2 is 2.14 bits per heavy atom. The molecule has 0 amide bonds. The summed E-state index contributed by atoms with van der Waals surface area (Å²) in [5.74, 6) is -0.988. The number of aromatic nitrogens is 1. The molecular weight excluding hydrogens is 264 g/mol. The Morgan fingerprint density at radius 1 is 1.38 bits per heavy atom. The highest BCUT2D eigenvalue weighted by molar-refractivity contribution is 5.97. The van der Waals surface area contributed by atoms with Gasteiger partial charge in [-0.25, -0.2) is 9.78 Å². The lowest BCUT2D eigenvalue weighted by Crippen LogP contribution is -2.16. The molecule has 21 heavy (non-hydrogen) atoms. The number of hydrogen-bond donors (Lipinski definition) is 2. The summed E-state index contributed by atoms with van der Waals surface area (Å²) < 4.78 is 0. The van der Waals surface area contributed by atoms with Gasteiger partial charge in [-0.05, 0) is 36.8 Å². The zero-order valence-electron chi connectivity index (χ0n) is 12.2. The van der Waals surface area contributed by atoms with Crippen LogP contribution in [0.5, 0.6) is 0 Å². The number of para-hydroxylation sites is 1. The van der Waals surface area contributed by atoms with Crippen LogP contribution in [0.2, 0.25) is 0 Å². The molecule has 110 valence electrons. The van der Waals surface area contributed by atoms with Crippen LogP contribution in [0, 0.1) is 5.41 Å². The molecule has 0 spiro atoms. The number of anilines is 1. The number of pyridine rings is 1. The van der Waals surface area contributed by atoms with Crippen LogP contribution < -0.4 is 5.32 Å². The van der Waals surface area contributed by atoms with E-state index in [-0.39, 0.29) is 5.69 Å². The van der Waals surface area contributed by atoms with E-state index in [1.807, 2.05) is 24.3 Å². The summed E-state index contributed by atoms with van der Waals surface area (Å²) in [5, 5.41) is 13.7. The van der Waals surface area contributed by atoms with Gasteiger partial charge in [-0.3, -0.25) is 0 Å². The fraction of sp³-hybridized carbons (Fsp3) is 0.412. The quantitative estimate of drug-likeness (QED) is 0.843. The molecule has 0 saturated heterocycles. The zero-order valence-corrected chi connectivity index (χ0v) is 12.2. The largest absolute Gasteiger partial charge is 0.477 e. The number of carbonyl (C=O) groups is 1. The smallest absolute Gasteiger partial charge is 0.354 e. The van der Waals surface area contributed by atoms with Gasteiger partial charge >= 0.3 is 5.97 Å². The van der Waals surface area contributed by atoms with Crippen LogP contribution in [0.4, 0.5) is 5.69 Å². The van der Waals surface area contributed by atoms with E-state index in [4.69, 9.17) is 0 Å². The van der Waals surface area contributed by atoms with Gasteiger partial charge in [-0.15, -0.1) is 0 Å². The first-order valence-corrected chi connectivity index (χ1v) is 7.50. The summed E-state index contributed by atoms with van der Waals surface area (Å²) in [6, 6.07) is 9.31. The Morgan fingerprint density at radius 3 is 2.81 bits per heavy atom. The summed E-state index contributed by atoms with van der Waals surface area (Å²) in [6.45, 7) is 3.12. The van der Waals surface area contributed by atoms with Gasteiger partial charge in [0.15, 0.2) is 5.69 Å². The van der Waals surface area contributed by atoms with Gasteiger partial charge in [-0.1, -0.05) is 31.5 Å². The van der Waals surface area contributed by atoms with E-state index in [9.17, 15) is 9.90 Å². The van der Waals surface area contributed by atoms with Crippen molar-refractivity contribution in [3.05, 3.63) is 36.0 Å². The molecule has 4 nitrogen and oxygen atoms in total. The average molecular weight is 284 g/mol. The molecule has 1 saturated carbocycles. The van der Waals surface area contributed by atoms with Crippen molar-refractivity contribution in [3.8, 4) is 0 Å². The SMILES string of the molecule is CCCC1(CNc2cc(C(=O)O)nc3ccccc23)CC1. The molecule has 1 heterocycles. The Labute approximate surface area is 124 Å². The molecule has 1 aliphatic rings. The van der Waals surface area contributed by atoms with Crippen LogP contribution in [0.15, 0.2) is 30.3 Å². The number of carboxylic acids is 1. The second-order valence-corrected chi connectivity index (χ2v) is 5.98. The Bertz CT molecular complexity index is 678. The molecule has 1 aromatic heterocycles. The topological polar surface area (TPSA) is 62.2 Å². The van der Waals surface area contributed by atoms with Gasteiger partial charge in [0.1, 0.15) is 0 Å². The normalized spacial score (nSPS) is 15.9. The van der Waals surface area contributed by atoms with Gasteiger partial charge in [-0.2, -0.15) is 0 Å². The van der Waals surface area contributed by atoms with E-state index < -0.39 is 5.97 Å². The van der Waals surface area contributed by atoms with Gasteiger partial charge < -0.3 is 10.4 Å². The summed E-state index contributed by atoms with van der Waals surface area (Å²) in [5.41, 5.74) is 2.11. The second kappa shape index (κ2) is 5.35. The minimum atomic E-state index is -0.988. The number of hydrogen-bond acceptors (Lipinski definition) is 3. The van der Waals surface area contributed by atoms with Crippen molar-refractivity contribution < 1.29 is 9.90 Å². The molecule has 1 aromatic carbocycles. The Balaban J connectivity index is 1.91. The van der Waals surface area contributed by atoms with Crippen molar-refractivity contribution in [2.45, 2.75) is 32.6 Å². The van der Waals surface area contributed by atoms with E-state index in [0.717, 1.165) is 23.1 Å². The summed E-state index contributed by atoms with van der Waals surface area (Å²) >= 11 is 0. The molecule has 2 aromatic rings. The van der Waals surface area contributed by atoms with Crippen molar-refractivity contribution in [1.82, 2.24) is 4.98 Å². The van der Waals surface area contributed by atoms with E-state index in [1.165, 1.54) is 25.7 Å². The highest BCUT2D eigenvalue weighted by Crippen LogP contribution is 2.49. The number of carboxylic acid groups (broad SMARTS) is 1. The van der Waals surface area contributed by atoms with E-state index in [2.05, 4.69) is 17.2 Å². The molecule has 1 fully saturated rings. The maximum Gasteiger partial charge on any atom is 0.354 e. The minimum Gasteiger partial charge on any atom is -0.477 e. The third-order valence-electron chi connectivity index (χ3n) is 4.33. The zero-order chi connectivity index (χ0) is 14.9. The second-order valence-electron chi connectivity index (χ2n) is 5.98. The van der Waals surface area contributed by atoms with Gasteiger partial charge in [0.05, 0.1) is 5.52 Å². The van der Waals surface area contributed by atoms with Crippen molar-refractivity contribution >= 4 is 22.6 Å². The van der Waals surface area contributed by atoms with Crippen molar-refractivity contribution in [2.75, 3.05) is 11.9 Å². The lowest BCUT2D eigenvalue weighted by molar-refractivity contribution is 0.0691. The third-order valence-corrected chi connectivity index (χ3v) is 4.33. The predicted molar refractivity (Wildman–Crippen MR) is 83.8 cm³/mol. The van der Waals surface area contributed by atoms with Crippen LogP contribution in [-0.4, -0.2) is 22.6 Å². The van der Waals surface area contributed by atoms with Crippen LogP contribution in [0.1, 0.15) is 43.1 Å². The van der Waals surface area contributed by atoms with Crippen molar-refractivity contribution in [1.29, 1.82) is 0 Å². The molecule has 2 N–H and O–H groups in total. The predicted octanol–water partition coefficient (Wildman–Crippen LogP) is 3.93. The number of rotatable bonds is 6. The highest BCUT2D eigenvalue weighted by Gasteiger charge is 2.41. The van der Waals surface area contributed by atoms with Gasteiger partial charge in [0.25, 0.3) is 0 Å². The molecule has 1 aliphatic carbocycles. The van der Waals surface area contributed by atoms with Crippen LogP contribution in [0.25, 0.3) is 10.9 Å². The molecule has 0 bridgehead atoms. The van der Waals surface area contributed by atoms with E-state index in [0.29, 0.717) is 5.41 Å². The number of fused-ring (bicyclic) bond motifs is 1. The van der Waals surface area contributed by atoms with E-state index in [1.54, 1.807) is 6.07 Å². The Hall–Kier alpha value is -2.10. The fourth-order valence-corrected chi connectivity index (χ4v) is 2.94. The molecule has 0 atom stereocenters. The van der Waals surface area contributed by atoms with Crippen LogP contribution >= 0.6 is 0 Å². The summed E-state index contributed by atoms with van der Waals surface area (Å²) in [7, 11) is 0. The fourth-order valence-electron chi connectivity index (χ4n) is 2.94. The lowest BCUT2D eigenvalue weighted by Gasteiger charge is -2.17. The molecule has 0 radical (unpaired) electrons. The first-order chi connectivity index (χ1) is 10.1. The van der Waals surface area contributed by atoms with Crippen LogP contribution in [0.3, 0.4) is 0 Å². The first kappa shape index (κ1) is 13.9. The third kappa shape index (κ3) is 2.84. The van der Waals surface area contributed by atoms with Crippen LogP contribution in [-0.2, 0) is 0 Å². The standard InChI is InChI=1S/C17H20N2O2/c1-2-7-17(8-9-17)11-18-14-10-15(16(20)21)19-13-6-4-3-5-12(13)14/h3-6,10H,2,7-9,11H2,1H3,(H,18,19)(H,20,21). The monoisotopic (exact) mass is 284 g/mol. The van der Waals surface area contributed by atoms with Gasteiger partial charge in [0.2, 0.25) is 0 Å². The molecule has 0 aliphatic heterocycles. The number of nitrogens with zero attached hydrogens (tertiary/aromatic N) is 1. The molecular formula is C17H20N2O2. The molecule has 3 rings (SSSR count).